The molecule has 0 spiro atoms. The fourth-order valence-electron chi connectivity index (χ4n) is 1.19. The molecule has 0 saturated carbocycles. The molecule has 0 heterocycles. The zero-order chi connectivity index (χ0) is 11.4. The van der Waals surface area contributed by atoms with Crippen LogP contribution in [-0.2, 0) is 4.79 Å². The van der Waals surface area contributed by atoms with Gasteiger partial charge in [0.05, 0.1) is 0 Å². The van der Waals surface area contributed by atoms with E-state index < -0.39 is 11.6 Å². The molecule has 1 rings (SSSR count). The van der Waals surface area contributed by atoms with Crippen molar-refractivity contribution in [1.82, 2.24) is 0 Å². The number of hydrogen-bond donors (Lipinski definition) is 1. The van der Waals surface area contributed by atoms with Crippen LogP contribution in [0.25, 0.3) is 0 Å². The van der Waals surface area contributed by atoms with Gasteiger partial charge in [-0.1, -0.05) is 0 Å². The molecule has 0 radical (unpaired) electrons. The second kappa shape index (κ2) is 4.68. The average molecular weight is 211 g/mol. The van der Waals surface area contributed by atoms with Crippen molar-refractivity contribution in [2.45, 2.75) is 13.8 Å². The summed E-state index contributed by atoms with van der Waals surface area (Å²) >= 11 is 0. The van der Waals surface area contributed by atoms with Crippen LogP contribution in [-0.4, -0.2) is 5.78 Å². The molecule has 0 saturated heterocycles. The number of halogens is 2. The van der Waals surface area contributed by atoms with Gasteiger partial charge in [0.15, 0.2) is 5.78 Å². The fraction of sp³-hybridized carbons (Fsp3) is 0.182. The van der Waals surface area contributed by atoms with Crippen molar-refractivity contribution >= 4 is 11.5 Å². The van der Waals surface area contributed by atoms with Crippen LogP contribution in [0.2, 0.25) is 0 Å². The zero-order valence-corrected chi connectivity index (χ0v) is 8.47. The van der Waals surface area contributed by atoms with Crippen LogP contribution in [0, 0.1) is 11.6 Å². The van der Waals surface area contributed by atoms with Gasteiger partial charge in [-0.15, -0.1) is 0 Å². The first kappa shape index (κ1) is 11.4. The Morgan fingerprint density at radius 1 is 1.20 bits per heavy atom. The normalized spacial score (nSPS) is 11.3. The summed E-state index contributed by atoms with van der Waals surface area (Å²) in [7, 11) is 0. The molecule has 0 fully saturated rings. The van der Waals surface area contributed by atoms with E-state index >= 15 is 0 Å². The standard InChI is InChI=1S/C11H11F2NO/c1-7(3-8(2)15)14-11-5-9(12)4-10(13)6-11/h3-6,14H,1-2H3/b7-3+. The van der Waals surface area contributed by atoms with Crippen LogP contribution in [0.4, 0.5) is 14.5 Å². The summed E-state index contributed by atoms with van der Waals surface area (Å²) < 4.78 is 25.5. The lowest BCUT2D eigenvalue weighted by Crippen LogP contribution is -1.99. The molecule has 0 amide bonds. The van der Waals surface area contributed by atoms with Crippen LogP contribution >= 0.6 is 0 Å². The van der Waals surface area contributed by atoms with E-state index in [2.05, 4.69) is 5.32 Å². The summed E-state index contributed by atoms with van der Waals surface area (Å²) in [4.78, 5) is 10.7. The number of ketones is 1. The Kier molecular flexibility index (Phi) is 3.55. The Hall–Kier alpha value is -1.71. The van der Waals surface area contributed by atoms with E-state index in [1.165, 1.54) is 13.0 Å². The second-order valence-corrected chi connectivity index (χ2v) is 3.22. The Labute approximate surface area is 86.6 Å². The third-order valence-electron chi connectivity index (χ3n) is 1.62. The monoisotopic (exact) mass is 211 g/mol. The SMILES string of the molecule is CC(=O)/C=C(\C)Nc1cc(F)cc(F)c1. The van der Waals surface area contributed by atoms with E-state index in [1.54, 1.807) is 6.92 Å². The van der Waals surface area contributed by atoms with E-state index in [0.717, 1.165) is 18.2 Å². The maximum absolute atomic E-state index is 12.8. The van der Waals surface area contributed by atoms with Crippen molar-refractivity contribution in [2.24, 2.45) is 0 Å². The molecule has 0 aromatic heterocycles. The molecule has 0 bridgehead atoms. The molecule has 2 nitrogen and oxygen atoms in total. The highest BCUT2D eigenvalue weighted by Gasteiger charge is 2.00. The molecule has 80 valence electrons. The number of nitrogens with one attached hydrogen (secondary N) is 1. The van der Waals surface area contributed by atoms with Gasteiger partial charge in [-0.25, -0.2) is 8.78 Å². The number of anilines is 1. The van der Waals surface area contributed by atoms with E-state index in [4.69, 9.17) is 0 Å². The minimum absolute atomic E-state index is 0.128. The van der Waals surface area contributed by atoms with Crippen LogP contribution in [0.15, 0.2) is 30.0 Å². The Balaban J connectivity index is 2.85. The predicted molar refractivity (Wildman–Crippen MR) is 54.4 cm³/mol. The van der Waals surface area contributed by atoms with Crippen molar-refractivity contribution in [3.05, 3.63) is 41.6 Å². The number of allylic oxidation sites excluding steroid dienone is 2. The van der Waals surface area contributed by atoms with E-state index in [9.17, 15) is 13.6 Å². The molecular weight excluding hydrogens is 200 g/mol. The summed E-state index contributed by atoms with van der Waals surface area (Å²) in [6.07, 6.45) is 1.35. The highest BCUT2D eigenvalue weighted by Crippen LogP contribution is 2.14. The Morgan fingerprint density at radius 3 is 2.20 bits per heavy atom. The number of carbonyl (C=O) groups excluding carboxylic acids is 1. The fourth-order valence-corrected chi connectivity index (χ4v) is 1.19. The number of carbonyl (C=O) groups is 1. The van der Waals surface area contributed by atoms with Gasteiger partial charge in [0.1, 0.15) is 11.6 Å². The van der Waals surface area contributed by atoms with Gasteiger partial charge in [-0.3, -0.25) is 4.79 Å². The second-order valence-electron chi connectivity index (χ2n) is 3.22. The van der Waals surface area contributed by atoms with Crippen LogP contribution < -0.4 is 5.32 Å². The summed E-state index contributed by atoms with van der Waals surface area (Å²) in [6.45, 7) is 3.04. The van der Waals surface area contributed by atoms with Gasteiger partial charge in [-0.05, 0) is 32.1 Å². The zero-order valence-electron chi connectivity index (χ0n) is 8.47. The highest BCUT2D eigenvalue weighted by molar-refractivity contribution is 5.88. The molecule has 0 aliphatic rings. The van der Waals surface area contributed by atoms with Crippen molar-refractivity contribution in [3.63, 3.8) is 0 Å². The minimum Gasteiger partial charge on any atom is -0.359 e. The summed E-state index contributed by atoms with van der Waals surface area (Å²) in [5.74, 6) is -1.45. The quantitative estimate of drug-likeness (QED) is 0.779. The maximum Gasteiger partial charge on any atom is 0.154 e. The number of rotatable bonds is 3. The van der Waals surface area contributed by atoms with Gasteiger partial charge in [0.2, 0.25) is 0 Å². The number of benzene rings is 1. The maximum atomic E-state index is 12.8. The molecule has 1 aromatic rings. The van der Waals surface area contributed by atoms with Gasteiger partial charge in [0.25, 0.3) is 0 Å². The average Bonchev–Trinajstić information content (AvgIpc) is 1.98. The third-order valence-corrected chi connectivity index (χ3v) is 1.62. The topological polar surface area (TPSA) is 29.1 Å². The molecule has 0 unspecified atom stereocenters. The largest absolute Gasteiger partial charge is 0.359 e. The first-order valence-electron chi connectivity index (χ1n) is 4.39. The van der Waals surface area contributed by atoms with E-state index in [-0.39, 0.29) is 11.5 Å². The van der Waals surface area contributed by atoms with E-state index in [0.29, 0.717) is 5.70 Å². The summed E-state index contributed by atoms with van der Waals surface area (Å²) in [6, 6.07) is 3.09. The Bertz CT molecular complexity index is 393. The van der Waals surface area contributed by atoms with Crippen molar-refractivity contribution < 1.29 is 13.6 Å². The smallest absolute Gasteiger partial charge is 0.154 e. The lowest BCUT2D eigenvalue weighted by Gasteiger charge is -2.06. The van der Waals surface area contributed by atoms with Crippen LogP contribution in [0.5, 0.6) is 0 Å². The van der Waals surface area contributed by atoms with Gasteiger partial charge >= 0.3 is 0 Å². The molecule has 1 N–H and O–H groups in total. The van der Waals surface area contributed by atoms with E-state index in [1.807, 2.05) is 0 Å². The lowest BCUT2D eigenvalue weighted by molar-refractivity contribution is -0.112. The van der Waals surface area contributed by atoms with Crippen molar-refractivity contribution in [2.75, 3.05) is 5.32 Å². The van der Waals surface area contributed by atoms with Crippen molar-refractivity contribution in [1.29, 1.82) is 0 Å². The third kappa shape index (κ3) is 3.89. The molecule has 0 aliphatic carbocycles. The van der Waals surface area contributed by atoms with Gasteiger partial charge < -0.3 is 5.32 Å². The summed E-state index contributed by atoms with van der Waals surface area (Å²) in [5, 5.41) is 2.72. The molecule has 0 atom stereocenters. The minimum atomic E-state index is -0.659. The molecule has 15 heavy (non-hydrogen) atoms. The molecular formula is C11H11F2NO. The Morgan fingerprint density at radius 2 is 1.73 bits per heavy atom. The lowest BCUT2D eigenvalue weighted by atomic mass is 10.2. The summed E-state index contributed by atoms with van der Waals surface area (Å²) in [5.41, 5.74) is 0.815. The van der Waals surface area contributed by atoms with Gasteiger partial charge in [-0.2, -0.15) is 0 Å². The highest BCUT2D eigenvalue weighted by atomic mass is 19.1. The van der Waals surface area contributed by atoms with Gasteiger partial charge in [0, 0.05) is 17.5 Å². The number of hydrogen-bond acceptors (Lipinski definition) is 2. The van der Waals surface area contributed by atoms with Crippen LogP contribution in [0.3, 0.4) is 0 Å². The molecule has 1 aromatic carbocycles. The van der Waals surface area contributed by atoms with Crippen LogP contribution in [0.1, 0.15) is 13.8 Å². The van der Waals surface area contributed by atoms with Crippen molar-refractivity contribution in [3.8, 4) is 0 Å². The molecule has 4 heteroatoms. The molecule has 0 aliphatic heterocycles. The predicted octanol–water partition coefficient (Wildman–Crippen LogP) is 2.87. The first-order valence-corrected chi connectivity index (χ1v) is 4.39. The first-order chi connectivity index (χ1) is 6.97.